The summed E-state index contributed by atoms with van der Waals surface area (Å²) < 4.78 is 37.1. The largest absolute Gasteiger partial charge is 0.416 e. The molecule has 2 N–H and O–H groups in total. The molecule has 1 aliphatic rings. The van der Waals surface area contributed by atoms with Crippen molar-refractivity contribution in [2.75, 3.05) is 25.0 Å². The summed E-state index contributed by atoms with van der Waals surface area (Å²) in [6.07, 6.45) is -2.51. The summed E-state index contributed by atoms with van der Waals surface area (Å²) in [6, 6.07) is 4.65. The van der Waals surface area contributed by atoms with Crippen LogP contribution in [0.1, 0.15) is 24.2 Å². The van der Waals surface area contributed by atoms with Gasteiger partial charge >= 0.3 is 6.18 Å². The van der Waals surface area contributed by atoms with Gasteiger partial charge in [0.25, 0.3) is 0 Å². The minimum absolute atomic E-state index is 0.00698. The number of hydrogen-bond donors (Lipinski definition) is 2. The first-order chi connectivity index (χ1) is 13.1. The van der Waals surface area contributed by atoms with Crippen LogP contribution < -0.4 is 10.6 Å². The van der Waals surface area contributed by atoms with Crippen molar-refractivity contribution in [2.24, 2.45) is 5.92 Å². The molecule has 1 aliphatic heterocycles. The van der Waals surface area contributed by atoms with Crippen LogP contribution in [0.5, 0.6) is 0 Å². The van der Waals surface area contributed by atoms with Crippen molar-refractivity contribution in [3.05, 3.63) is 35.7 Å². The van der Waals surface area contributed by atoms with Crippen LogP contribution in [-0.4, -0.2) is 34.6 Å². The zero-order valence-electron chi connectivity index (χ0n) is 14.5. The summed E-state index contributed by atoms with van der Waals surface area (Å²) in [5, 5.41) is 6.34. The highest BCUT2D eigenvalue weighted by molar-refractivity contribution is 6.66. The van der Waals surface area contributed by atoms with Crippen LogP contribution in [0.15, 0.2) is 24.3 Å². The molecule has 0 amide bonds. The third-order valence-electron chi connectivity index (χ3n) is 4.34. The standard InChI is InChI=1S/C17H17Cl3F3N5/c18-16(19,20)14-26-13(11-2-1-3-12(8-11)17(21,22)23)27-15(28-14)25-7-5-10-4-6-24-9-10/h1-3,8,10,24H,4-7,9H2,(H,25,26,27,28). The molecule has 0 radical (unpaired) electrons. The number of halogens is 6. The molecule has 1 aromatic heterocycles. The Morgan fingerprint density at radius 2 is 1.93 bits per heavy atom. The summed E-state index contributed by atoms with van der Waals surface area (Å²) in [4.78, 5) is 12.4. The number of anilines is 1. The van der Waals surface area contributed by atoms with Crippen molar-refractivity contribution in [2.45, 2.75) is 22.8 Å². The average molecular weight is 455 g/mol. The molecule has 152 valence electrons. The molecule has 0 saturated carbocycles. The van der Waals surface area contributed by atoms with Gasteiger partial charge in [-0.05, 0) is 44.0 Å². The van der Waals surface area contributed by atoms with E-state index < -0.39 is 15.5 Å². The van der Waals surface area contributed by atoms with Gasteiger partial charge in [0.05, 0.1) is 5.56 Å². The van der Waals surface area contributed by atoms with Crippen LogP contribution in [0.4, 0.5) is 19.1 Å². The lowest BCUT2D eigenvalue weighted by Crippen LogP contribution is -2.16. The number of aromatic nitrogens is 3. The summed E-state index contributed by atoms with van der Waals surface area (Å²) in [6.45, 7) is 2.53. The van der Waals surface area contributed by atoms with Crippen molar-refractivity contribution < 1.29 is 13.2 Å². The van der Waals surface area contributed by atoms with Crippen LogP contribution in [0.25, 0.3) is 11.4 Å². The Hall–Kier alpha value is -1.35. The van der Waals surface area contributed by atoms with Crippen molar-refractivity contribution in [1.29, 1.82) is 0 Å². The van der Waals surface area contributed by atoms with Crippen molar-refractivity contribution in [3.8, 4) is 11.4 Å². The third-order valence-corrected chi connectivity index (χ3v) is 4.84. The van der Waals surface area contributed by atoms with E-state index in [2.05, 4.69) is 25.6 Å². The highest BCUT2D eigenvalue weighted by Gasteiger charge is 2.32. The minimum Gasteiger partial charge on any atom is -0.354 e. The zero-order valence-corrected chi connectivity index (χ0v) is 16.8. The van der Waals surface area contributed by atoms with Gasteiger partial charge in [0.2, 0.25) is 9.74 Å². The molecule has 11 heteroatoms. The summed E-state index contributed by atoms with van der Waals surface area (Å²) in [7, 11) is 0. The molecule has 3 rings (SSSR count). The van der Waals surface area contributed by atoms with E-state index in [9.17, 15) is 13.2 Å². The molecule has 5 nitrogen and oxygen atoms in total. The second-order valence-electron chi connectivity index (χ2n) is 6.46. The average Bonchev–Trinajstić information content (AvgIpc) is 3.14. The lowest BCUT2D eigenvalue weighted by molar-refractivity contribution is -0.137. The highest BCUT2D eigenvalue weighted by atomic mass is 35.6. The van der Waals surface area contributed by atoms with Crippen LogP contribution in [0, 0.1) is 5.92 Å². The molecular weight excluding hydrogens is 438 g/mol. The maximum atomic E-state index is 13.0. The monoisotopic (exact) mass is 453 g/mol. The van der Waals surface area contributed by atoms with E-state index in [4.69, 9.17) is 34.8 Å². The van der Waals surface area contributed by atoms with Gasteiger partial charge in [0.1, 0.15) is 0 Å². The van der Waals surface area contributed by atoms with Crippen molar-refractivity contribution >= 4 is 40.8 Å². The lowest BCUT2D eigenvalue weighted by atomic mass is 10.1. The number of benzene rings is 1. The van der Waals surface area contributed by atoms with E-state index >= 15 is 0 Å². The van der Waals surface area contributed by atoms with Gasteiger partial charge in [-0.2, -0.15) is 23.1 Å². The molecule has 1 aromatic carbocycles. The molecule has 1 saturated heterocycles. The normalized spacial score (nSPS) is 17.7. The van der Waals surface area contributed by atoms with Gasteiger partial charge in [-0.1, -0.05) is 46.9 Å². The molecule has 0 aliphatic carbocycles. The molecule has 28 heavy (non-hydrogen) atoms. The number of nitrogens with one attached hydrogen (secondary N) is 2. The summed E-state index contributed by atoms with van der Waals surface area (Å²) in [5.41, 5.74) is -0.667. The Morgan fingerprint density at radius 3 is 2.57 bits per heavy atom. The Morgan fingerprint density at radius 1 is 1.14 bits per heavy atom. The SMILES string of the molecule is FC(F)(F)c1cccc(-c2nc(NCCC3CCNC3)nc(C(Cl)(Cl)Cl)n2)c1. The fraction of sp³-hybridized carbons (Fsp3) is 0.471. The second-order valence-corrected chi connectivity index (χ2v) is 8.74. The lowest BCUT2D eigenvalue weighted by Gasteiger charge is -2.15. The number of hydrogen-bond acceptors (Lipinski definition) is 5. The van der Waals surface area contributed by atoms with Crippen LogP contribution in [-0.2, 0) is 9.97 Å². The highest BCUT2D eigenvalue weighted by Crippen LogP contribution is 2.37. The first-order valence-electron chi connectivity index (χ1n) is 8.58. The summed E-state index contributed by atoms with van der Waals surface area (Å²) in [5.74, 6) is 0.525. The molecule has 2 heterocycles. The van der Waals surface area contributed by atoms with Gasteiger partial charge in [0, 0.05) is 12.1 Å². The molecule has 1 fully saturated rings. The molecule has 0 bridgehead atoms. The Kier molecular flexibility index (Phi) is 6.54. The van der Waals surface area contributed by atoms with Crippen molar-refractivity contribution in [1.82, 2.24) is 20.3 Å². The third kappa shape index (κ3) is 5.59. The second kappa shape index (κ2) is 8.57. The minimum atomic E-state index is -4.49. The molecule has 2 aromatic rings. The van der Waals surface area contributed by atoms with Gasteiger partial charge in [-0.25, -0.2) is 4.98 Å². The van der Waals surface area contributed by atoms with E-state index in [1.54, 1.807) is 0 Å². The molecule has 1 unspecified atom stereocenters. The Labute approximate surface area is 175 Å². The number of rotatable bonds is 5. The van der Waals surface area contributed by atoms with E-state index in [0.29, 0.717) is 12.5 Å². The van der Waals surface area contributed by atoms with E-state index in [1.165, 1.54) is 12.1 Å². The Bertz CT molecular complexity index is 820. The fourth-order valence-corrected chi connectivity index (χ4v) is 3.15. The van der Waals surface area contributed by atoms with Gasteiger partial charge in [0.15, 0.2) is 11.6 Å². The van der Waals surface area contributed by atoms with E-state index in [0.717, 1.165) is 38.1 Å². The quantitative estimate of drug-likeness (QED) is 0.636. The topological polar surface area (TPSA) is 62.7 Å². The first kappa shape index (κ1) is 21.4. The van der Waals surface area contributed by atoms with Crippen LogP contribution >= 0.6 is 34.8 Å². The fourth-order valence-electron chi connectivity index (χ4n) is 2.89. The van der Waals surface area contributed by atoms with Crippen LogP contribution in [0.3, 0.4) is 0 Å². The maximum Gasteiger partial charge on any atom is 0.416 e. The van der Waals surface area contributed by atoms with Gasteiger partial charge in [-0.15, -0.1) is 0 Å². The molecule has 0 spiro atoms. The number of nitrogens with zero attached hydrogens (tertiary/aromatic N) is 3. The molecule has 1 atom stereocenters. The van der Waals surface area contributed by atoms with E-state index in [1.807, 2.05) is 0 Å². The smallest absolute Gasteiger partial charge is 0.354 e. The summed E-state index contributed by atoms with van der Waals surface area (Å²) >= 11 is 17.7. The van der Waals surface area contributed by atoms with Gasteiger partial charge < -0.3 is 10.6 Å². The maximum absolute atomic E-state index is 13.0. The van der Waals surface area contributed by atoms with Crippen molar-refractivity contribution in [3.63, 3.8) is 0 Å². The predicted molar refractivity (Wildman–Crippen MR) is 104 cm³/mol. The number of alkyl halides is 6. The first-order valence-corrected chi connectivity index (χ1v) is 9.72. The Balaban J connectivity index is 1.87. The van der Waals surface area contributed by atoms with E-state index in [-0.39, 0.29) is 23.2 Å². The zero-order chi connectivity index (χ0) is 20.4. The van der Waals surface area contributed by atoms with Gasteiger partial charge in [-0.3, -0.25) is 0 Å². The van der Waals surface area contributed by atoms with Crippen LogP contribution in [0.2, 0.25) is 0 Å². The predicted octanol–water partition coefficient (Wildman–Crippen LogP) is 4.80. The molecular formula is C17H17Cl3F3N5.